The van der Waals surface area contributed by atoms with E-state index in [4.69, 9.17) is 23.2 Å². The summed E-state index contributed by atoms with van der Waals surface area (Å²) in [6.45, 7) is 6.11. The van der Waals surface area contributed by atoms with Crippen molar-refractivity contribution in [1.82, 2.24) is 9.78 Å². The lowest BCUT2D eigenvalue weighted by molar-refractivity contribution is 0.578. The van der Waals surface area contributed by atoms with Gasteiger partial charge in [-0.15, -0.1) is 11.6 Å². The van der Waals surface area contributed by atoms with Gasteiger partial charge in [-0.05, 0) is 39.0 Å². The molecule has 0 bridgehead atoms. The fourth-order valence-corrected chi connectivity index (χ4v) is 2.78. The van der Waals surface area contributed by atoms with E-state index in [0.29, 0.717) is 17.1 Å². The van der Waals surface area contributed by atoms with Crippen molar-refractivity contribution in [2.75, 3.05) is 0 Å². The Morgan fingerprint density at radius 2 is 2.05 bits per heavy atom. The molecule has 1 atom stereocenters. The maximum Gasteiger partial charge on any atom is 0.128 e. The fourth-order valence-electron chi connectivity index (χ4n) is 2.27. The van der Waals surface area contributed by atoms with Gasteiger partial charge in [0, 0.05) is 21.8 Å². The van der Waals surface area contributed by atoms with Gasteiger partial charge in [0.25, 0.3) is 0 Å². The molecular formula is C14H15Cl2FN2. The molecule has 0 amide bonds. The predicted molar refractivity (Wildman–Crippen MR) is 76.5 cm³/mol. The number of hydrogen-bond donors (Lipinski definition) is 0. The molecule has 1 heterocycles. The van der Waals surface area contributed by atoms with Crippen LogP contribution in [0, 0.1) is 19.7 Å². The Morgan fingerprint density at radius 1 is 1.37 bits per heavy atom. The van der Waals surface area contributed by atoms with Crippen molar-refractivity contribution in [2.45, 2.75) is 32.7 Å². The van der Waals surface area contributed by atoms with E-state index < -0.39 is 0 Å². The zero-order valence-corrected chi connectivity index (χ0v) is 12.6. The Balaban J connectivity index is 2.39. The molecule has 0 aliphatic carbocycles. The molecule has 102 valence electrons. The number of alkyl halides is 1. The Bertz CT molecular complexity index is 606. The Hall–Kier alpha value is -1.06. The zero-order valence-electron chi connectivity index (χ0n) is 11.0. The van der Waals surface area contributed by atoms with Gasteiger partial charge in [-0.1, -0.05) is 11.6 Å². The van der Waals surface area contributed by atoms with Gasteiger partial charge in [-0.3, -0.25) is 4.68 Å². The summed E-state index contributed by atoms with van der Waals surface area (Å²) in [6.07, 6.45) is 0. The van der Waals surface area contributed by atoms with Crippen molar-refractivity contribution in [3.63, 3.8) is 0 Å². The lowest BCUT2D eigenvalue weighted by Crippen LogP contribution is -2.06. The summed E-state index contributed by atoms with van der Waals surface area (Å²) in [4.78, 5) is 0. The summed E-state index contributed by atoms with van der Waals surface area (Å²) >= 11 is 12.0. The molecular weight excluding hydrogens is 286 g/mol. The first-order valence-corrected chi connectivity index (χ1v) is 6.83. The van der Waals surface area contributed by atoms with Crippen LogP contribution in [-0.2, 0) is 6.54 Å². The van der Waals surface area contributed by atoms with Crippen LogP contribution in [0.3, 0.4) is 0 Å². The second kappa shape index (κ2) is 5.51. The van der Waals surface area contributed by atoms with Crippen molar-refractivity contribution >= 4 is 23.2 Å². The Labute approximate surface area is 122 Å². The monoisotopic (exact) mass is 300 g/mol. The summed E-state index contributed by atoms with van der Waals surface area (Å²) in [5, 5.41) is 4.82. The number of aromatic nitrogens is 2. The topological polar surface area (TPSA) is 17.8 Å². The number of halogens is 3. The van der Waals surface area contributed by atoms with Gasteiger partial charge in [0.1, 0.15) is 5.82 Å². The van der Waals surface area contributed by atoms with Gasteiger partial charge >= 0.3 is 0 Å². The Kier molecular flexibility index (Phi) is 4.16. The molecule has 1 aromatic carbocycles. The lowest BCUT2D eigenvalue weighted by Gasteiger charge is -2.08. The molecule has 1 unspecified atom stereocenters. The third-order valence-electron chi connectivity index (χ3n) is 3.16. The number of hydrogen-bond acceptors (Lipinski definition) is 1. The van der Waals surface area contributed by atoms with E-state index in [1.807, 2.05) is 20.8 Å². The highest BCUT2D eigenvalue weighted by Gasteiger charge is 2.16. The van der Waals surface area contributed by atoms with Crippen LogP contribution in [0.15, 0.2) is 18.2 Å². The first-order chi connectivity index (χ1) is 8.90. The van der Waals surface area contributed by atoms with Crippen molar-refractivity contribution in [3.05, 3.63) is 51.6 Å². The maximum absolute atomic E-state index is 13.7. The minimum Gasteiger partial charge on any atom is -0.265 e. The van der Waals surface area contributed by atoms with Gasteiger partial charge in [-0.25, -0.2) is 4.39 Å². The minimum atomic E-state index is -0.280. The summed E-state index contributed by atoms with van der Waals surface area (Å²) < 4.78 is 15.5. The highest BCUT2D eigenvalue weighted by atomic mass is 35.5. The first-order valence-electron chi connectivity index (χ1n) is 6.02. The summed E-state index contributed by atoms with van der Waals surface area (Å²) in [6, 6.07) is 4.53. The largest absolute Gasteiger partial charge is 0.265 e. The molecule has 1 aromatic heterocycles. The molecule has 0 saturated heterocycles. The summed E-state index contributed by atoms with van der Waals surface area (Å²) in [7, 11) is 0. The van der Waals surface area contributed by atoms with Crippen LogP contribution in [0.5, 0.6) is 0 Å². The quantitative estimate of drug-likeness (QED) is 0.755. The standard InChI is InChI=1S/C14H15Cl2FN2/c1-8(15)14-9(2)18-19(10(14)3)7-11-6-12(16)4-5-13(11)17/h4-6,8H,7H2,1-3H3. The van der Waals surface area contributed by atoms with Crippen LogP contribution >= 0.6 is 23.2 Å². The van der Waals surface area contributed by atoms with Gasteiger partial charge in [-0.2, -0.15) is 5.10 Å². The van der Waals surface area contributed by atoms with Gasteiger partial charge in [0.2, 0.25) is 0 Å². The first kappa shape index (κ1) is 14.4. The number of nitrogens with zero attached hydrogens (tertiary/aromatic N) is 2. The summed E-state index contributed by atoms with van der Waals surface area (Å²) in [5.74, 6) is -0.280. The van der Waals surface area contributed by atoms with E-state index >= 15 is 0 Å². The average molecular weight is 301 g/mol. The lowest BCUT2D eigenvalue weighted by atomic mass is 10.1. The molecule has 0 N–H and O–H groups in total. The van der Waals surface area contributed by atoms with E-state index in [0.717, 1.165) is 17.0 Å². The Morgan fingerprint density at radius 3 is 2.63 bits per heavy atom. The average Bonchev–Trinajstić information content (AvgIpc) is 2.59. The fraction of sp³-hybridized carbons (Fsp3) is 0.357. The molecule has 19 heavy (non-hydrogen) atoms. The van der Waals surface area contributed by atoms with Crippen molar-refractivity contribution in [1.29, 1.82) is 0 Å². The van der Waals surface area contributed by atoms with Crippen LogP contribution in [0.1, 0.15) is 34.8 Å². The van der Waals surface area contributed by atoms with Crippen molar-refractivity contribution in [3.8, 4) is 0 Å². The maximum atomic E-state index is 13.7. The highest BCUT2D eigenvalue weighted by Crippen LogP contribution is 2.27. The molecule has 2 rings (SSSR count). The van der Waals surface area contributed by atoms with Crippen LogP contribution < -0.4 is 0 Å². The highest BCUT2D eigenvalue weighted by molar-refractivity contribution is 6.30. The van der Waals surface area contributed by atoms with E-state index in [1.54, 1.807) is 10.7 Å². The second-order valence-corrected chi connectivity index (χ2v) is 5.68. The second-order valence-electron chi connectivity index (χ2n) is 4.59. The van der Waals surface area contributed by atoms with Gasteiger partial charge in [0.05, 0.1) is 17.6 Å². The zero-order chi connectivity index (χ0) is 14.2. The van der Waals surface area contributed by atoms with Crippen LogP contribution in [-0.4, -0.2) is 9.78 Å². The molecule has 0 saturated carbocycles. The minimum absolute atomic E-state index is 0.113. The third-order valence-corrected chi connectivity index (χ3v) is 3.62. The van der Waals surface area contributed by atoms with Crippen LogP contribution in [0.2, 0.25) is 5.02 Å². The molecule has 2 nitrogen and oxygen atoms in total. The van der Waals surface area contributed by atoms with Crippen LogP contribution in [0.25, 0.3) is 0 Å². The van der Waals surface area contributed by atoms with Crippen LogP contribution in [0.4, 0.5) is 4.39 Å². The molecule has 0 spiro atoms. The van der Waals surface area contributed by atoms with Gasteiger partial charge in [0.15, 0.2) is 0 Å². The molecule has 5 heteroatoms. The smallest absolute Gasteiger partial charge is 0.128 e. The number of benzene rings is 1. The van der Waals surface area contributed by atoms with E-state index in [1.165, 1.54) is 12.1 Å². The molecule has 0 fully saturated rings. The van der Waals surface area contributed by atoms with E-state index in [2.05, 4.69) is 5.10 Å². The van der Waals surface area contributed by atoms with Gasteiger partial charge < -0.3 is 0 Å². The van der Waals surface area contributed by atoms with Crippen molar-refractivity contribution in [2.24, 2.45) is 0 Å². The molecule has 0 radical (unpaired) electrons. The van der Waals surface area contributed by atoms with E-state index in [9.17, 15) is 4.39 Å². The third kappa shape index (κ3) is 2.93. The molecule has 0 aliphatic heterocycles. The molecule has 0 aliphatic rings. The van der Waals surface area contributed by atoms with E-state index in [-0.39, 0.29) is 11.2 Å². The SMILES string of the molecule is Cc1nn(Cc2cc(Cl)ccc2F)c(C)c1C(C)Cl. The summed E-state index contributed by atoms with van der Waals surface area (Å²) in [5.41, 5.74) is 3.36. The van der Waals surface area contributed by atoms with Crippen molar-refractivity contribution < 1.29 is 4.39 Å². The predicted octanol–water partition coefficient (Wildman–Crippen LogP) is 4.64. The molecule has 2 aromatic rings. The normalized spacial score (nSPS) is 12.7. The number of aryl methyl sites for hydroxylation is 1. The number of rotatable bonds is 3.